The third-order valence-corrected chi connectivity index (χ3v) is 3.84. The van der Waals surface area contributed by atoms with Gasteiger partial charge in [0.15, 0.2) is 0 Å². The Morgan fingerprint density at radius 1 is 0.857 bits per heavy atom. The zero-order valence-corrected chi connectivity index (χ0v) is 11.9. The maximum atomic E-state index is 12.1. The lowest BCUT2D eigenvalue weighted by Gasteiger charge is -2.17. The lowest BCUT2D eigenvalue weighted by atomic mass is 9.93. The van der Waals surface area contributed by atoms with Crippen LogP contribution in [0, 0.1) is 13.8 Å². The molecule has 2 aromatic rings. The number of anilines is 2. The largest absolute Gasteiger partial charge is 0.355 e. The molecule has 0 bridgehead atoms. The molecule has 3 heteroatoms. The molecule has 0 saturated carbocycles. The quantitative estimate of drug-likeness (QED) is 0.849. The number of fused-ring (bicyclic) bond motifs is 1. The van der Waals surface area contributed by atoms with Crippen molar-refractivity contribution in [3.05, 3.63) is 64.7 Å². The molecule has 0 radical (unpaired) electrons. The average Bonchev–Trinajstić information content (AvgIpc) is 2.48. The Labute approximate surface area is 123 Å². The van der Waals surface area contributed by atoms with Gasteiger partial charge in [-0.05, 0) is 48.7 Å². The molecule has 1 aliphatic carbocycles. The Bertz CT molecular complexity index is 788. The van der Waals surface area contributed by atoms with Gasteiger partial charge in [-0.25, -0.2) is 0 Å². The first-order valence-electron chi connectivity index (χ1n) is 6.81. The number of nitrogens with one attached hydrogen (secondary N) is 1. The van der Waals surface area contributed by atoms with Gasteiger partial charge >= 0.3 is 0 Å². The molecule has 0 aromatic heterocycles. The van der Waals surface area contributed by atoms with Crippen molar-refractivity contribution < 1.29 is 9.59 Å². The average molecular weight is 277 g/mol. The van der Waals surface area contributed by atoms with E-state index in [0.29, 0.717) is 11.3 Å². The number of Topliss-reactive ketones (excluding diaryl/α,β-unsaturated/α-hetero) is 1. The molecule has 0 heterocycles. The smallest absolute Gasteiger partial charge is 0.235 e. The van der Waals surface area contributed by atoms with Crippen molar-refractivity contribution in [1.29, 1.82) is 0 Å². The van der Waals surface area contributed by atoms with Crippen LogP contribution in [0.4, 0.5) is 11.4 Å². The van der Waals surface area contributed by atoms with Gasteiger partial charge < -0.3 is 5.32 Å². The minimum Gasteiger partial charge on any atom is -0.355 e. The highest BCUT2D eigenvalue weighted by Crippen LogP contribution is 2.29. The normalized spacial score (nSPS) is 13.2. The van der Waals surface area contributed by atoms with Gasteiger partial charge in [0.25, 0.3) is 0 Å². The number of benzene rings is 2. The van der Waals surface area contributed by atoms with Crippen LogP contribution < -0.4 is 5.32 Å². The lowest BCUT2D eigenvalue weighted by molar-refractivity contribution is -0.110. The summed E-state index contributed by atoms with van der Waals surface area (Å²) in [5.74, 6) is -0.932. The monoisotopic (exact) mass is 277 g/mol. The molecule has 0 fully saturated rings. The molecule has 1 N–H and O–H groups in total. The summed E-state index contributed by atoms with van der Waals surface area (Å²) in [4.78, 5) is 23.8. The van der Waals surface area contributed by atoms with Gasteiger partial charge in [0, 0.05) is 5.69 Å². The number of hydrogen-bond acceptors (Lipinski definition) is 3. The van der Waals surface area contributed by atoms with Crippen LogP contribution in [0.2, 0.25) is 0 Å². The fraction of sp³-hybridized carbons (Fsp3) is 0.111. The summed E-state index contributed by atoms with van der Waals surface area (Å²) in [6.07, 6.45) is 3.01. The molecule has 104 valence electrons. The summed E-state index contributed by atoms with van der Waals surface area (Å²) >= 11 is 0. The molecule has 0 saturated heterocycles. The van der Waals surface area contributed by atoms with Crippen molar-refractivity contribution in [1.82, 2.24) is 0 Å². The van der Waals surface area contributed by atoms with Gasteiger partial charge in [-0.2, -0.15) is 0 Å². The minimum atomic E-state index is -0.474. The molecule has 3 nitrogen and oxygen atoms in total. The van der Waals surface area contributed by atoms with Crippen LogP contribution in [0.15, 0.2) is 42.5 Å². The summed E-state index contributed by atoms with van der Waals surface area (Å²) in [5.41, 5.74) is 5.13. The Hall–Kier alpha value is -2.68. The predicted molar refractivity (Wildman–Crippen MR) is 84.0 cm³/mol. The van der Waals surface area contributed by atoms with E-state index in [-0.39, 0.29) is 0 Å². The summed E-state index contributed by atoms with van der Waals surface area (Å²) in [5, 5.41) is 3.29. The highest BCUT2D eigenvalue weighted by molar-refractivity contribution is 6.51. The van der Waals surface area contributed by atoms with Gasteiger partial charge in [-0.15, -0.1) is 0 Å². The number of ketones is 2. The zero-order valence-electron chi connectivity index (χ0n) is 11.9. The second-order valence-corrected chi connectivity index (χ2v) is 5.17. The Kier molecular flexibility index (Phi) is 3.18. The topological polar surface area (TPSA) is 46.2 Å². The molecule has 2 aromatic carbocycles. The Morgan fingerprint density at radius 2 is 1.57 bits per heavy atom. The van der Waals surface area contributed by atoms with Crippen molar-refractivity contribution in [2.24, 2.45) is 0 Å². The van der Waals surface area contributed by atoms with Crippen LogP contribution in [0.1, 0.15) is 27.0 Å². The molecule has 0 spiro atoms. The first-order valence-corrected chi connectivity index (χ1v) is 6.81. The van der Waals surface area contributed by atoms with E-state index in [1.165, 1.54) is 11.6 Å². The van der Waals surface area contributed by atoms with Crippen molar-refractivity contribution in [2.75, 3.05) is 5.32 Å². The second-order valence-electron chi connectivity index (χ2n) is 5.17. The second kappa shape index (κ2) is 5.02. The third-order valence-electron chi connectivity index (χ3n) is 3.84. The van der Waals surface area contributed by atoms with E-state index in [2.05, 4.69) is 5.32 Å². The van der Waals surface area contributed by atoms with Crippen molar-refractivity contribution in [3.63, 3.8) is 0 Å². The van der Waals surface area contributed by atoms with Crippen molar-refractivity contribution >= 4 is 29.0 Å². The van der Waals surface area contributed by atoms with Crippen LogP contribution in [-0.2, 0) is 4.79 Å². The first-order chi connectivity index (χ1) is 10.1. The summed E-state index contributed by atoms with van der Waals surface area (Å²) in [6.45, 7) is 4.07. The minimum absolute atomic E-state index is 0.450. The molecule has 0 aliphatic heterocycles. The van der Waals surface area contributed by atoms with Gasteiger partial charge in [-0.1, -0.05) is 30.3 Å². The van der Waals surface area contributed by atoms with E-state index >= 15 is 0 Å². The number of carbonyl (C=O) groups excluding carboxylic acids is 2. The molecular formula is C18H15NO2. The van der Waals surface area contributed by atoms with Gasteiger partial charge in [0.05, 0.1) is 11.3 Å². The SMILES string of the molecule is Cc1cccc(Nc2cccc3c2C(=O)C(=O)C=C3)c1C. The van der Waals surface area contributed by atoms with Crippen LogP contribution in [0.25, 0.3) is 6.08 Å². The summed E-state index contributed by atoms with van der Waals surface area (Å²) < 4.78 is 0. The fourth-order valence-electron chi connectivity index (χ4n) is 2.46. The molecule has 0 atom stereocenters. The highest BCUT2D eigenvalue weighted by atomic mass is 16.2. The molecule has 0 amide bonds. The van der Waals surface area contributed by atoms with Gasteiger partial charge in [0.1, 0.15) is 0 Å². The molecule has 21 heavy (non-hydrogen) atoms. The zero-order chi connectivity index (χ0) is 15.0. The Morgan fingerprint density at radius 3 is 2.38 bits per heavy atom. The molecule has 3 rings (SSSR count). The number of hydrogen-bond donors (Lipinski definition) is 1. The number of aryl methyl sites for hydroxylation is 1. The fourth-order valence-corrected chi connectivity index (χ4v) is 2.46. The maximum absolute atomic E-state index is 12.1. The van der Waals surface area contributed by atoms with Crippen LogP contribution in [-0.4, -0.2) is 11.6 Å². The molecular weight excluding hydrogens is 262 g/mol. The van der Waals surface area contributed by atoms with Crippen molar-refractivity contribution in [3.8, 4) is 0 Å². The Balaban J connectivity index is 2.09. The van der Waals surface area contributed by atoms with E-state index in [4.69, 9.17) is 0 Å². The van der Waals surface area contributed by atoms with E-state index in [1.54, 1.807) is 6.08 Å². The summed E-state index contributed by atoms with van der Waals surface area (Å²) in [7, 11) is 0. The maximum Gasteiger partial charge on any atom is 0.235 e. The molecule has 1 aliphatic rings. The standard InChI is InChI=1S/C18H15NO2/c1-11-5-3-7-14(12(11)2)19-15-8-4-6-13-9-10-16(20)18(21)17(13)15/h3-10,19H,1-2H3. The van der Waals surface area contributed by atoms with Crippen LogP contribution in [0.5, 0.6) is 0 Å². The van der Waals surface area contributed by atoms with E-state index in [0.717, 1.165) is 16.8 Å². The number of carbonyl (C=O) groups is 2. The molecule has 0 unspecified atom stereocenters. The van der Waals surface area contributed by atoms with E-state index in [1.807, 2.05) is 50.2 Å². The lowest BCUT2D eigenvalue weighted by Crippen LogP contribution is -2.18. The third kappa shape index (κ3) is 2.27. The number of allylic oxidation sites excluding steroid dienone is 1. The van der Waals surface area contributed by atoms with Gasteiger partial charge in [0.2, 0.25) is 11.6 Å². The first kappa shape index (κ1) is 13.3. The summed E-state index contributed by atoms with van der Waals surface area (Å²) in [6, 6.07) is 11.5. The predicted octanol–water partition coefficient (Wildman–Crippen LogP) is 3.83. The van der Waals surface area contributed by atoms with Crippen LogP contribution in [0.3, 0.4) is 0 Å². The van der Waals surface area contributed by atoms with E-state index < -0.39 is 11.6 Å². The number of rotatable bonds is 2. The van der Waals surface area contributed by atoms with Gasteiger partial charge in [-0.3, -0.25) is 9.59 Å². The van der Waals surface area contributed by atoms with E-state index in [9.17, 15) is 9.59 Å². The van der Waals surface area contributed by atoms with Crippen LogP contribution >= 0.6 is 0 Å². The van der Waals surface area contributed by atoms with Crippen molar-refractivity contribution in [2.45, 2.75) is 13.8 Å². The highest BCUT2D eigenvalue weighted by Gasteiger charge is 2.24.